The number of rotatable bonds is 6. The first-order valence-electron chi connectivity index (χ1n) is 14.3. The molecule has 5 rings (SSSR count). The van der Waals surface area contributed by atoms with Crippen LogP contribution in [0, 0.1) is 11.3 Å². The average molecular weight is 649 g/mol. The smallest absolute Gasteiger partial charge is 0.320 e. The zero-order valence-electron chi connectivity index (χ0n) is 24.3. The Balaban J connectivity index is 1.42. The zero-order valence-corrected chi connectivity index (χ0v) is 25.2. The van der Waals surface area contributed by atoms with E-state index in [0.717, 1.165) is 36.3 Å². The van der Waals surface area contributed by atoms with E-state index >= 15 is 0 Å². The number of guanidine groups is 1. The Labute approximate surface area is 265 Å². The molecule has 3 aromatic carbocycles. The normalized spacial score (nSPS) is 14.0. The highest BCUT2D eigenvalue weighted by Gasteiger charge is 2.32. The predicted molar refractivity (Wildman–Crippen MR) is 167 cm³/mol. The van der Waals surface area contributed by atoms with Crippen molar-refractivity contribution in [2.75, 3.05) is 10.2 Å². The standard InChI is InChI=1S/C31H28F3N9O2S/c32-31(33,34)23-14-22(16-35)26-25(15-23)38-29(46-26)40-30(45)43(24-12-10-20(11-13-24)19-4-2-1-3-5-19)17-18-6-8-21(9-7-18)27(44)39-28(41-36)42-37/h6-15,19,36H,1-5,17,37H2,(H,38,40,45)(H,39,42,44)/p+1. The molecule has 0 aliphatic heterocycles. The number of benzene rings is 3. The summed E-state index contributed by atoms with van der Waals surface area (Å²) in [7, 11) is 0. The van der Waals surface area contributed by atoms with Gasteiger partial charge in [-0.15, -0.1) is 10.6 Å². The highest BCUT2D eigenvalue weighted by molar-refractivity contribution is 7.22. The molecule has 1 aliphatic rings. The number of fused-ring (bicyclic) bond motifs is 1. The first kappa shape index (κ1) is 32.0. The quantitative estimate of drug-likeness (QED) is 0.0694. The van der Waals surface area contributed by atoms with Crippen LogP contribution in [0.2, 0.25) is 0 Å². The summed E-state index contributed by atoms with van der Waals surface area (Å²) < 4.78 is 40.4. The maximum atomic E-state index is 13.7. The molecule has 1 heterocycles. The van der Waals surface area contributed by atoms with Gasteiger partial charge in [0.2, 0.25) is 0 Å². The second kappa shape index (κ2) is 13.7. The number of hydrogen-bond acceptors (Lipinski definition) is 7. The SMILES string of the molecule is N#Cc1cc(C(F)(F)F)cc2nc(NC(=O)N(Cc3ccc(C(=O)N/C(N=[NH2+])=N/N)cc3)c3ccc(C4CCCCC4)cc3)sc12. The van der Waals surface area contributed by atoms with Crippen molar-refractivity contribution in [2.45, 2.75) is 50.7 Å². The monoisotopic (exact) mass is 648 g/mol. The van der Waals surface area contributed by atoms with Crippen molar-refractivity contribution < 1.29 is 28.3 Å². The molecule has 4 aromatic rings. The first-order chi connectivity index (χ1) is 22.1. The summed E-state index contributed by atoms with van der Waals surface area (Å²) in [6.45, 7) is 0.0801. The van der Waals surface area contributed by atoms with Crippen LogP contribution < -0.4 is 26.9 Å². The average Bonchev–Trinajstić information content (AvgIpc) is 3.48. The van der Waals surface area contributed by atoms with Gasteiger partial charge in [-0.25, -0.2) is 9.78 Å². The number of alkyl halides is 3. The molecule has 46 heavy (non-hydrogen) atoms. The minimum absolute atomic E-state index is 0.0364. The van der Waals surface area contributed by atoms with Crippen LogP contribution in [-0.4, -0.2) is 22.9 Å². The summed E-state index contributed by atoms with van der Waals surface area (Å²) in [6, 6.07) is 17.0. The zero-order chi connectivity index (χ0) is 32.8. The maximum Gasteiger partial charge on any atom is 0.416 e. The topological polar surface area (TPSA) is 174 Å². The molecule has 0 bridgehead atoms. The van der Waals surface area contributed by atoms with Gasteiger partial charge in [0.15, 0.2) is 5.13 Å². The van der Waals surface area contributed by atoms with Crippen LogP contribution in [0.1, 0.15) is 70.6 Å². The summed E-state index contributed by atoms with van der Waals surface area (Å²) in [4.78, 5) is 31.9. The van der Waals surface area contributed by atoms with Crippen LogP contribution in [-0.2, 0) is 12.7 Å². The molecule has 1 saturated carbocycles. The van der Waals surface area contributed by atoms with Gasteiger partial charge in [0, 0.05) is 16.4 Å². The number of hydrogen-bond donors (Lipinski definition) is 4. The first-order valence-corrected chi connectivity index (χ1v) is 15.1. The molecule has 1 aromatic heterocycles. The predicted octanol–water partition coefficient (Wildman–Crippen LogP) is 5.64. The van der Waals surface area contributed by atoms with E-state index in [1.54, 1.807) is 30.3 Å². The van der Waals surface area contributed by atoms with Crippen molar-refractivity contribution >= 4 is 50.3 Å². The number of carbonyl (C=O) groups is 2. The number of aromatic nitrogens is 1. The van der Waals surface area contributed by atoms with E-state index in [1.807, 2.05) is 24.3 Å². The highest BCUT2D eigenvalue weighted by Crippen LogP contribution is 2.37. The van der Waals surface area contributed by atoms with Gasteiger partial charge in [-0.2, -0.15) is 18.4 Å². The molecule has 15 heteroatoms. The lowest BCUT2D eigenvalue weighted by Gasteiger charge is -2.25. The van der Waals surface area contributed by atoms with Crippen molar-refractivity contribution in [3.8, 4) is 6.07 Å². The lowest BCUT2D eigenvalue weighted by Crippen LogP contribution is -2.37. The van der Waals surface area contributed by atoms with E-state index in [1.165, 1.54) is 29.7 Å². The molecule has 0 radical (unpaired) electrons. The van der Waals surface area contributed by atoms with Crippen LogP contribution in [0.4, 0.5) is 28.8 Å². The van der Waals surface area contributed by atoms with Gasteiger partial charge in [0.05, 0.1) is 27.9 Å². The number of anilines is 2. The minimum Gasteiger partial charge on any atom is -0.320 e. The fourth-order valence-electron chi connectivity index (χ4n) is 5.35. The molecule has 6 N–H and O–H groups in total. The number of halogens is 3. The van der Waals surface area contributed by atoms with E-state index in [4.69, 9.17) is 11.4 Å². The van der Waals surface area contributed by atoms with E-state index in [9.17, 15) is 28.0 Å². The van der Waals surface area contributed by atoms with E-state index in [0.29, 0.717) is 17.2 Å². The Hall–Kier alpha value is -5.36. The van der Waals surface area contributed by atoms with Crippen LogP contribution >= 0.6 is 11.3 Å². The van der Waals surface area contributed by atoms with Crippen molar-refractivity contribution in [1.82, 2.24) is 10.3 Å². The van der Waals surface area contributed by atoms with Crippen LogP contribution in [0.5, 0.6) is 0 Å². The molecule has 0 spiro atoms. The van der Waals surface area contributed by atoms with Gasteiger partial charge in [0.1, 0.15) is 6.07 Å². The third-order valence-corrected chi connectivity index (χ3v) is 8.72. The summed E-state index contributed by atoms with van der Waals surface area (Å²) in [5.41, 5.74) is 6.60. The number of nitrogens with two attached hydrogens (primary N) is 2. The van der Waals surface area contributed by atoms with Crippen LogP contribution in [0.15, 0.2) is 70.9 Å². The molecule has 0 atom stereocenters. The van der Waals surface area contributed by atoms with Gasteiger partial charge >= 0.3 is 18.2 Å². The van der Waals surface area contributed by atoms with Gasteiger partial charge < -0.3 is 5.84 Å². The lowest BCUT2D eigenvalue weighted by atomic mass is 9.84. The van der Waals surface area contributed by atoms with Gasteiger partial charge in [-0.1, -0.05) is 54.9 Å². The fraction of sp³-hybridized carbons (Fsp3) is 0.258. The summed E-state index contributed by atoms with van der Waals surface area (Å²) in [5, 5.41) is 21.1. The third-order valence-electron chi connectivity index (χ3n) is 7.70. The molecule has 1 fully saturated rings. The molecular formula is C31H29F3N9O2S+. The van der Waals surface area contributed by atoms with Crippen molar-refractivity contribution in [3.05, 3.63) is 88.5 Å². The molecule has 1 aliphatic carbocycles. The fourth-order valence-corrected chi connectivity index (χ4v) is 6.25. The second-order valence-electron chi connectivity index (χ2n) is 10.7. The van der Waals surface area contributed by atoms with Crippen molar-refractivity contribution in [3.63, 3.8) is 0 Å². The number of nitriles is 1. The van der Waals surface area contributed by atoms with Crippen molar-refractivity contribution in [2.24, 2.45) is 16.1 Å². The van der Waals surface area contributed by atoms with Gasteiger partial charge in [0.25, 0.3) is 5.91 Å². The number of nitrogens with one attached hydrogen (secondary N) is 2. The molecule has 0 saturated heterocycles. The molecule has 3 amide bonds. The van der Waals surface area contributed by atoms with Gasteiger partial charge in [-0.05, 0) is 66.3 Å². The van der Waals surface area contributed by atoms with Crippen LogP contribution in [0.3, 0.4) is 0 Å². The van der Waals surface area contributed by atoms with Crippen molar-refractivity contribution in [1.29, 1.82) is 5.26 Å². The Bertz CT molecular complexity index is 1830. The number of thiazole rings is 1. The lowest BCUT2D eigenvalue weighted by molar-refractivity contribution is -0.207. The van der Waals surface area contributed by atoms with E-state index in [2.05, 4.69) is 25.8 Å². The van der Waals surface area contributed by atoms with E-state index < -0.39 is 23.7 Å². The molecule has 236 valence electrons. The number of carbonyl (C=O) groups excluding carboxylic acids is 2. The van der Waals surface area contributed by atoms with Gasteiger partial charge in [-0.3, -0.25) is 20.3 Å². The Morgan fingerprint density at radius 1 is 1.09 bits per heavy atom. The Morgan fingerprint density at radius 3 is 2.39 bits per heavy atom. The molecule has 11 nitrogen and oxygen atoms in total. The number of amides is 3. The number of urea groups is 1. The maximum absolute atomic E-state index is 13.7. The molecular weight excluding hydrogens is 619 g/mol. The third kappa shape index (κ3) is 7.29. The number of nitrogens with zero attached hydrogens (tertiary/aromatic N) is 5. The minimum atomic E-state index is -4.66. The molecule has 0 unspecified atom stereocenters. The Morgan fingerprint density at radius 2 is 1.78 bits per heavy atom. The summed E-state index contributed by atoms with van der Waals surface area (Å²) in [5.74, 6) is 4.80. The summed E-state index contributed by atoms with van der Waals surface area (Å²) in [6.07, 6.45) is 1.14. The summed E-state index contributed by atoms with van der Waals surface area (Å²) >= 11 is 0.911. The second-order valence-corrected chi connectivity index (χ2v) is 11.7. The van der Waals surface area contributed by atoms with E-state index in [-0.39, 0.29) is 39.0 Å². The number of hydrazone groups is 1. The highest BCUT2D eigenvalue weighted by atomic mass is 32.1. The van der Waals surface area contributed by atoms with Crippen LogP contribution in [0.25, 0.3) is 10.2 Å². The largest absolute Gasteiger partial charge is 0.416 e. The Kier molecular flexibility index (Phi) is 9.57.